The average molecular weight is 243 g/mol. The Morgan fingerprint density at radius 3 is 2.76 bits per heavy atom. The highest BCUT2D eigenvalue weighted by Gasteiger charge is 2.38. The largest absolute Gasteiger partial charge is 0.465 e. The van der Waals surface area contributed by atoms with Crippen LogP contribution in [0.5, 0.6) is 0 Å². The molecule has 1 aliphatic heterocycles. The molecule has 3 atom stereocenters. The Kier molecular flexibility index (Phi) is 5.92. The molecule has 4 nitrogen and oxygen atoms in total. The minimum absolute atomic E-state index is 0.107. The summed E-state index contributed by atoms with van der Waals surface area (Å²) in [6, 6.07) is -0.0713. The van der Waals surface area contributed by atoms with Crippen molar-refractivity contribution in [1.29, 1.82) is 0 Å². The number of nitrogens with zero attached hydrogens (tertiary/aromatic N) is 1. The van der Waals surface area contributed by atoms with Crippen LogP contribution in [0.4, 0.5) is 0 Å². The lowest BCUT2D eigenvalue weighted by Gasteiger charge is -2.31. The van der Waals surface area contributed by atoms with Crippen LogP contribution in [-0.2, 0) is 9.53 Å². The SMILES string of the molecule is CCCC(C(=O)OCC)N1CCC(C)C1CO. The van der Waals surface area contributed by atoms with Crippen molar-refractivity contribution in [2.45, 2.75) is 52.1 Å². The topological polar surface area (TPSA) is 49.8 Å². The second-order valence-electron chi connectivity index (χ2n) is 4.81. The maximum absolute atomic E-state index is 11.9. The quantitative estimate of drug-likeness (QED) is 0.717. The predicted molar refractivity (Wildman–Crippen MR) is 66.7 cm³/mol. The number of ether oxygens (including phenoxy) is 1. The first-order chi connectivity index (χ1) is 8.15. The maximum Gasteiger partial charge on any atom is 0.323 e. The number of likely N-dealkylation sites (tertiary alicyclic amines) is 1. The van der Waals surface area contributed by atoms with Crippen LogP contribution in [0, 0.1) is 5.92 Å². The Bertz CT molecular complexity index is 245. The molecule has 0 radical (unpaired) electrons. The summed E-state index contributed by atoms with van der Waals surface area (Å²) in [6.45, 7) is 7.47. The summed E-state index contributed by atoms with van der Waals surface area (Å²) >= 11 is 0. The van der Waals surface area contributed by atoms with Gasteiger partial charge in [0.25, 0.3) is 0 Å². The van der Waals surface area contributed by atoms with Crippen molar-refractivity contribution in [2.24, 2.45) is 5.92 Å². The third kappa shape index (κ3) is 3.42. The molecule has 0 amide bonds. The molecule has 0 aromatic rings. The molecule has 1 rings (SSSR count). The summed E-state index contributed by atoms with van der Waals surface area (Å²) in [4.78, 5) is 14.1. The van der Waals surface area contributed by atoms with E-state index in [1.807, 2.05) is 6.92 Å². The molecule has 1 heterocycles. The summed E-state index contributed by atoms with van der Waals surface area (Å²) in [5.41, 5.74) is 0. The lowest BCUT2D eigenvalue weighted by atomic mass is 10.0. The van der Waals surface area contributed by atoms with Crippen LogP contribution in [0.1, 0.15) is 40.0 Å². The van der Waals surface area contributed by atoms with Crippen molar-refractivity contribution in [3.8, 4) is 0 Å². The van der Waals surface area contributed by atoms with Crippen molar-refractivity contribution in [1.82, 2.24) is 4.90 Å². The molecule has 0 bridgehead atoms. The molecular formula is C13H25NO3. The smallest absolute Gasteiger partial charge is 0.323 e. The van der Waals surface area contributed by atoms with Gasteiger partial charge in [-0.15, -0.1) is 0 Å². The highest BCUT2D eigenvalue weighted by Crippen LogP contribution is 2.27. The summed E-state index contributed by atoms with van der Waals surface area (Å²) in [7, 11) is 0. The molecule has 17 heavy (non-hydrogen) atoms. The van der Waals surface area contributed by atoms with Crippen LogP contribution in [0.25, 0.3) is 0 Å². The van der Waals surface area contributed by atoms with Gasteiger partial charge in [-0.3, -0.25) is 9.69 Å². The summed E-state index contributed by atoms with van der Waals surface area (Å²) in [5.74, 6) is 0.315. The molecule has 0 aromatic heterocycles. The van der Waals surface area contributed by atoms with Gasteiger partial charge in [-0.2, -0.15) is 0 Å². The van der Waals surface area contributed by atoms with Crippen LogP contribution >= 0.6 is 0 Å². The zero-order chi connectivity index (χ0) is 12.8. The Balaban J connectivity index is 2.72. The third-order valence-electron chi connectivity index (χ3n) is 3.63. The second-order valence-corrected chi connectivity index (χ2v) is 4.81. The molecule has 1 N–H and O–H groups in total. The van der Waals surface area contributed by atoms with E-state index in [1.165, 1.54) is 0 Å². The van der Waals surface area contributed by atoms with Gasteiger partial charge in [0, 0.05) is 6.04 Å². The number of aliphatic hydroxyl groups excluding tert-OH is 1. The normalized spacial score (nSPS) is 27.1. The van der Waals surface area contributed by atoms with E-state index in [4.69, 9.17) is 4.74 Å². The summed E-state index contributed by atoms with van der Waals surface area (Å²) in [6.07, 6.45) is 2.80. The van der Waals surface area contributed by atoms with Crippen molar-refractivity contribution in [2.75, 3.05) is 19.8 Å². The lowest BCUT2D eigenvalue weighted by Crippen LogP contribution is -2.47. The van der Waals surface area contributed by atoms with Crippen LogP contribution in [0.15, 0.2) is 0 Å². The molecule has 1 aliphatic rings. The van der Waals surface area contributed by atoms with E-state index >= 15 is 0 Å². The molecule has 1 saturated heterocycles. The van der Waals surface area contributed by atoms with E-state index in [9.17, 15) is 9.90 Å². The van der Waals surface area contributed by atoms with Gasteiger partial charge >= 0.3 is 5.97 Å². The number of carbonyl (C=O) groups is 1. The molecule has 4 heteroatoms. The summed E-state index contributed by atoms with van der Waals surface area (Å²) < 4.78 is 5.13. The van der Waals surface area contributed by atoms with Crippen LogP contribution < -0.4 is 0 Å². The monoisotopic (exact) mass is 243 g/mol. The number of rotatable bonds is 6. The van der Waals surface area contributed by atoms with E-state index in [0.29, 0.717) is 12.5 Å². The highest BCUT2D eigenvalue weighted by molar-refractivity contribution is 5.75. The second kappa shape index (κ2) is 6.97. The molecule has 0 spiro atoms. The van der Waals surface area contributed by atoms with Crippen molar-refractivity contribution >= 4 is 5.97 Å². The molecule has 0 aromatic carbocycles. The van der Waals surface area contributed by atoms with Crippen LogP contribution in [0.2, 0.25) is 0 Å². The minimum Gasteiger partial charge on any atom is -0.465 e. The number of carbonyl (C=O) groups excluding carboxylic acids is 1. The number of hydrogen-bond donors (Lipinski definition) is 1. The lowest BCUT2D eigenvalue weighted by molar-refractivity contribution is -0.150. The Hall–Kier alpha value is -0.610. The van der Waals surface area contributed by atoms with Crippen molar-refractivity contribution in [3.63, 3.8) is 0 Å². The fraction of sp³-hybridized carbons (Fsp3) is 0.923. The van der Waals surface area contributed by atoms with Gasteiger partial charge in [-0.25, -0.2) is 0 Å². The molecule has 1 fully saturated rings. The Morgan fingerprint density at radius 2 is 2.24 bits per heavy atom. The number of hydrogen-bond acceptors (Lipinski definition) is 4. The minimum atomic E-state index is -0.179. The molecule has 3 unspecified atom stereocenters. The van der Waals surface area contributed by atoms with E-state index in [-0.39, 0.29) is 24.7 Å². The van der Waals surface area contributed by atoms with E-state index < -0.39 is 0 Å². The van der Waals surface area contributed by atoms with E-state index in [0.717, 1.165) is 25.8 Å². The highest BCUT2D eigenvalue weighted by atomic mass is 16.5. The summed E-state index contributed by atoms with van der Waals surface area (Å²) in [5, 5.41) is 9.44. The number of aliphatic hydroxyl groups is 1. The molecular weight excluding hydrogens is 218 g/mol. The third-order valence-corrected chi connectivity index (χ3v) is 3.63. The van der Waals surface area contributed by atoms with Gasteiger partial charge < -0.3 is 9.84 Å². The molecule has 100 valence electrons. The number of esters is 1. The molecule has 0 saturated carbocycles. The fourth-order valence-electron chi connectivity index (χ4n) is 2.64. The van der Waals surface area contributed by atoms with E-state index in [1.54, 1.807) is 0 Å². The predicted octanol–water partition coefficient (Wildman–Crippen LogP) is 1.42. The van der Waals surface area contributed by atoms with Gasteiger partial charge in [0.05, 0.1) is 13.2 Å². The van der Waals surface area contributed by atoms with Crippen molar-refractivity contribution < 1.29 is 14.6 Å². The van der Waals surface area contributed by atoms with Gasteiger partial charge in [0.15, 0.2) is 0 Å². The van der Waals surface area contributed by atoms with Gasteiger partial charge in [0.1, 0.15) is 6.04 Å². The van der Waals surface area contributed by atoms with Crippen molar-refractivity contribution in [3.05, 3.63) is 0 Å². The fourth-order valence-corrected chi connectivity index (χ4v) is 2.64. The first-order valence-corrected chi connectivity index (χ1v) is 6.68. The Labute approximate surface area is 104 Å². The maximum atomic E-state index is 11.9. The average Bonchev–Trinajstić information content (AvgIpc) is 2.67. The zero-order valence-corrected chi connectivity index (χ0v) is 11.2. The van der Waals surface area contributed by atoms with Gasteiger partial charge in [-0.05, 0) is 32.2 Å². The molecule has 0 aliphatic carbocycles. The standard InChI is InChI=1S/C13H25NO3/c1-4-6-11(13(16)17-5-2)14-8-7-10(3)12(14)9-15/h10-12,15H,4-9H2,1-3H3. The van der Waals surface area contributed by atoms with Crippen LogP contribution in [-0.4, -0.2) is 47.8 Å². The zero-order valence-electron chi connectivity index (χ0n) is 11.2. The first kappa shape index (κ1) is 14.5. The first-order valence-electron chi connectivity index (χ1n) is 6.68. The van der Waals surface area contributed by atoms with Crippen LogP contribution in [0.3, 0.4) is 0 Å². The Morgan fingerprint density at radius 1 is 1.53 bits per heavy atom. The van der Waals surface area contributed by atoms with E-state index in [2.05, 4.69) is 18.7 Å². The van der Waals surface area contributed by atoms with Gasteiger partial charge in [0.2, 0.25) is 0 Å². The van der Waals surface area contributed by atoms with Gasteiger partial charge in [-0.1, -0.05) is 20.3 Å².